The van der Waals surface area contributed by atoms with Crippen LogP contribution in [0.25, 0.3) is 11.1 Å². The van der Waals surface area contributed by atoms with Crippen molar-refractivity contribution in [3.8, 4) is 16.9 Å². The molecule has 19 heavy (non-hydrogen) atoms. The van der Waals surface area contributed by atoms with E-state index in [-0.39, 0.29) is 11.7 Å². The minimum atomic E-state index is -0.339. The first-order chi connectivity index (χ1) is 9.02. The number of methoxy groups -OCH3 is 1. The number of hydrogen-bond acceptors (Lipinski definition) is 3. The summed E-state index contributed by atoms with van der Waals surface area (Å²) >= 11 is 0. The van der Waals surface area contributed by atoms with Gasteiger partial charge < -0.3 is 9.84 Å². The molecular weight excluding hydrogens is 240 g/mol. The molecular formula is C16H16O3. The molecule has 0 saturated heterocycles. The van der Waals surface area contributed by atoms with Gasteiger partial charge in [-0.05, 0) is 60.4 Å². The highest BCUT2D eigenvalue weighted by Crippen LogP contribution is 2.30. The third kappa shape index (κ3) is 2.60. The summed E-state index contributed by atoms with van der Waals surface area (Å²) in [4.78, 5) is 11.6. The van der Waals surface area contributed by atoms with E-state index in [1.54, 1.807) is 30.3 Å². The monoisotopic (exact) mass is 256 g/mol. The summed E-state index contributed by atoms with van der Waals surface area (Å²) in [5.74, 6) is -0.109. The highest BCUT2D eigenvalue weighted by atomic mass is 16.5. The van der Waals surface area contributed by atoms with Crippen molar-refractivity contribution in [1.29, 1.82) is 0 Å². The van der Waals surface area contributed by atoms with E-state index >= 15 is 0 Å². The average Bonchev–Trinajstić information content (AvgIpc) is 2.37. The van der Waals surface area contributed by atoms with Gasteiger partial charge in [0.25, 0.3) is 0 Å². The number of hydrogen-bond donors (Lipinski definition) is 1. The summed E-state index contributed by atoms with van der Waals surface area (Å²) in [6, 6.07) is 10.7. The summed E-state index contributed by atoms with van der Waals surface area (Å²) in [7, 11) is 1.37. The Morgan fingerprint density at radius 2 is 1.74 bits per heavy atom. The number of aromatic hydroxyl groups is 1. The minimum absolute atomic E-state index is 0.230. The van der Waals surface area contributed by atoms with Gasteiger partial charge in [-0.15, -0.1) is 0 Å². The fourth-order valence-corrected chi connectivity index (χ4v) is 2.32. The first-order valence-corrected chi connectivity index (χ1v) is 6.02. The van der Waals surface area contributed by atoms with E-state index in [9.17, 15) is 9.90 Å². The van der Waals surface area contributed by atoms with Gasteiger partial charge in [-0.1, -0.05) is 12.1 Å². The lowest BCUT2D eigenvalue weighted by atomic mass is 9.93. The summed E-state index contributed by atoms with van der Waals surface area (Å²) in [5.41, 5.74) is 4.47. The lowest BCUT2D eigenvalue weighted by Crippen LogP contribution is -2.03. The van der Waals surface area contributed by atoms with Crippen LogP contribution in [0.3, 0.4) is 0 Å². The van der Waals surface area contributed by atoms with Gasteiger partial charge in [-0.3, -0.25) is 0 Å². The smallest absolute Gasteiger partial charge is 0.337 e. The molecule has 0 radical (unpaired) electrons. The number of benzene rings is 2. The zero-order chi connectivity index (χ0) is 14.0. The molecule has 3 heteroatoms. The van der Waals surface area contributed by atoms with E-state index in [1.165, 1.54) is 7.11 Å². The number of carbonyl (C=O) groups is 1. The van der Waals surface area contributed by atoms with Crippen molar-refractivity contribution in [3.63, 3.8) is 0 Å². The summed E-state index contributed by atoms with van der Waals surface area (Å²) in [5, 5.41) is 9.56. The van der Waals surface area contributed by atoms with Gasteiger partial charge in [0.15, 0.2) is 0 Å². The molecule has 0 saturated carbocycles. The van der Waals surface area contributed by atoms with Gasteiger partial charge in [0.2, 0.25) is 0 Å². The van der Waals surface area contributed by atoms with Crippen molar-refractivity contribution in [3.05, 3.63) is 53.1 Å². The molecule has 1 N–H and O–H groups in total. The van der Waals surface area contributed by atoms with Gasteiger partial charge in [0, 0.05) is 0 Å². The largest absolute Gasteiger partial charge is 0.508 e. The van der Waals surface area contributed by atoms with E-state index in [1.807, 2.05) is 19.9 Å². The van der Waals surface area contributed by atoms with E-state index < -0.39 is 0 Å². The molecule has 0 aliphatic carbocycles. The maximum Gasteiger partial charge on any atom is 0.337 e. The molecule has 2 rings (SSSR count). The quantitative estimate of drug-likeness (QED) is 0.837. The summed E-state index contributed by atoms with van der Waals surface area (Å²) in [6.45, 7) is 3.89. The fraction of sp³-hybridized carbons (Fsp3) is 0.188. The van der Waals surface area contributed by atoms with E-state index in [4.69, 9.17) is 4.74 Å². The fourth-order valence-electron chi connectivity index (χ4n) is 2.32. The molecule has 0 fully saturated rings. The van der Waals surface area contributed by atoms with Crippen molar-refractivity contribution < 1.29 is 14.6 Å². The third-order valence-electron chi connectivity index (χ3n) is 3.09. The van der Waals surface area contributed by atoms with Crippen LogP contribution < -0.4 is 0 Å². The molecule has 2 aromatic carbocycles. The Hall–Kier alpha value is -2.29. The van der Waals surface area contributed by atoms with Gasteiger partial charge in [0.1, 0.15) is 5.75 Å². The number of phenols is 1. The van der Waals surface area contributed by atoms with Crippen LogP contribution in [0.15, 0.2) is 36.4 Å². The Morgan fingerprint density at radius 3 is 2.26 bits per heavy atom. The predicted octanol–water partition coefficient (Wildman–Crippen LogP) is 3.46. The van der Waals surface area contributed by atoms with E-state index in [0.29, 0.717) is 5.56 Å². The maximum atomic E-state index is 11.6. The van der Waals surface area contributed by atoms with Crippen molar-refractivity contribution in [2.24, 2.45) is 0 Å². The maximum absolute atomic E-state index is 11.6. The van der Waals surface area contributed by atoms with Gasteiger partial charge >= 0.3 is 5.97 Å². The molecule has 0 spiro atoms. The highest BCUT2D eigenvalue weighted by Gasteiger charge is 2.12. The molecule has 0 unspecified atom stereocenters. The van der Waals surface area contributed by atoms with Crippen LogP contribution in [0.5, 0.6) is 5.75 Å². The normalized spacial score (nSPS) is 10.3. The Labute approximate surface area is 112 Å². The molecule has 0 aliphatic heterocycles. The van der Waals surface area contributed by atoms with Crippen LogP contribution >= 0.6 is 0 Å². The molecule has 0 aromatic heterocycles. The second-order valence-corrected chi connectivity index (χ2v) is 4.53. The van der Waals surface area contributed by atoms with Crippen LogP contribution in [-0.4, -0.2) is 18.2 Å². The molecule has 0 atom stereocenters. The molecule has 2 aromatic rings. The van der Waals surface area contributed by atoms with Gasteiger partial charge in [0.05, 0.1) is 12.7 Å². The number of carbonyl (C=O) groups excluding carboxylic acids is 1. The van der Waals surface area contributed by atoms with Crippen LogP contribution in [0.1, 0.15) is 21.5 Å². The Balaban J connectivity index is 2.57. The Bertz CT molecular complexity index is 607. The van der Waals surface area contributed by atoms with E-state index in [2.05, 4.69) is 0 Å². The summed E-state index contributed by atoms with van der Waals surface area (Å²) < 4.78 is 4.73. The molecule has 0 amide bonds. The molecule has 0 heterocycles. The van der Waals surface area contributed by atoms with Crippen molar-refractivity contribution in [2.45, 2.75) is 13.8 Å². The zero-order valence-electron chi connectivity index (χ0n) is 11.2. The number of esters is 1. The van der Waals surface area contributed by atoms with Gasteiger partial charge in [-0.25, -0.2) is 4.79 Å². The van der Waals surface area contributed by atoms with E-state index in [0.717, 1.165) is 22.3 Å². The average molecular weight is 256 g/mol. The zero-order valence-corrected chi connectivity index (χ0v) is 11.2. The molecule has 3 nitrogen and oxygen atoms in total. The number of phenolic OH excluding ortho intramolecular Hbond substituents is 1. The predicted molar refractivity (Wildman–Crippen MR) is 74.4 cm³/mol. The SMILES string of the molecule is COC(=O)c1cc(C)c(-c2cccc(O)c2)c(C)c1. The first-order valence-electron chi connectivity index (χ1n) is 6.02. The minimum Gasteiger partial charge on any atom is -0.508 e. The second kappa shape index (κ2) is 5.14. The third-order valence-corrected chi connectivity index (χ3v) is 3.09. The first kappa shape index (κ1) is 13.1. The van der Waals surface area contributed by atoms with Crippen molar-refractivity contribution in [2.75, 3.05) is 7.11 Å². The number of rotatable bonds is 2. The molecule has 98 valence electrons. The molecule has 0 aliphatic rings. The second-order valence-electron chi connectivity index (χ2n) is 4.53. The van der Waals surface area contributed by atoms with Crippen molar-refractivity contribution >= 4 is 5.97 Å². The lowest BCUT2D eigenvalue weighted by Gasteiger charge is -2.12. The standard InChI is InChI=1S/C16H16O3/c1-10-7-13(16(18)19-3)8-11(2)15(10)12-5-4-6-14(17)9-12/h4-9,17H,1-3H3. The lowest BCUT2D eigenvalue weighted by molar-refractivity contribution is 0.0600. The Kier molecular flexibility index (Phi) is 3.56. The highest BCUT2D eigenvalue weighted by molar-refractivity contribution is 5.91. The molecule has 0 bridgehead atoms. The van der Waals surface area contributed by atoms with Crippen LogP contribution in [-0.2, 0) is 4.74 Å². The Morgan fingerprint density at radius 1 is 1.11 bits per heavy atom. The number of aryl methyl sites for hydroxylation is 2. The van der Waals surface area contributed by atoms with Crippen LogP contribution in [0.4, 0.5) is 0 Å². The van der Waals surface area contributed by atoms with Crippen molar-refractivity contribution in [1.82, 2.24) is 0 Å². The summed E-state index contributed by atoms with van der Waals surface area (Å²) in [6.07, 6.45) is 0. The number of ether oxygens (including phenoxy) is 1. The van der Waals surface area contributed by atoms with Crippen LogP contribution in [0.2, 0.25) is 0 Å². The van der Waals surface area contributed by atoms with Gasteiger partial charge in [-0.2, -0.15) is 0 Å². The topological polar surface area (TPSA) is 46.5 Å². The van der Waals surface area contributed by atoms with Crippen LogP contribution in [0, 0.1) is 13.8 Å².